The van der Waals surface area contributed by atoms with Crippen LogP contribution in [0.4, 0.5) is 0 Å². The van der Waals surface area contributed by atoms with Crippen molar-refractivity contribution in [1.29, 1.82) is 0 Å². The molecule has 0 aliphatic carbocycles. The topological polar surface area (TPSA) is 59.4 Å². The number of rotatable bonds is 4. The molecule has 0 aliphatic heterocycles. The minimum atomic E-state index is -0.983. The number of ether oxygens (including phenoxy) is 1. The molecule has 1 unspecified atom stereocenters. The fraction of sp³-hybridized carbons (Fsp3) is 0.455. The summed E-state index contributed by atoms with van der Waals surface area (Å²) < 4.78 is 5.68. The number of carbonyl (C=O) groups is 1. The van der Waals surface area contributed by atoms with Gasteiger partial charge in [-0.05, 0) is 27.6 Å². The van der Waals surface area contributed by atoms with E-state index < -0.39 is 17.5 Å². The maximum atomic E-state index is 11.1. The Hall–Kier alpha value is -0.940. The van der Waals surface area contributed by atoms with Crippen LogP contribution in [0.5, 0.6) is 0 Å². The molecule has 4 nitrogen and oxygen atoms in total. The van der Waals surface area contributed by atoms with E-state index in [1.165, 1.54) is 7.11 Å². The Morgan fingerprint density at radius 1 is 1.62 bits per heavy atom. The summed E-state index contributed by atoms with van der Waals surface area (Å²) in [6, 6.07) is 3.61. The summed E-state index contributed by atoms with van der Waals surface area (Å²) in [5, 5.41) is 9.10. The molecular formula is C11H14BrNO3. The molecule has 0 radical (unpaired) electrons. The van der Waals surface area contributed by atoms with E-state index in [0.29, 0.717) is 4.60 Å². The SMILES string of the molecule is COC(C(=O)O)C(C)(C)c1cccnc1Br. The second kappa shape index (κ2) is 4.93. The van der Waals surface area contributed by atoms with Crippen molar-refractivity contribution in [3.8, 4) is 0 Å². The fourth-order valence-electron chi connectivity index (χ4n) is 1.71. The summed E-state index contributed by atoms with van der Waals surface area (Å²) in [7, 11) is 1.39. The van der Waals surface area contributed by atoms with E-state index in [1.54, 1.807) is 12.3 Å². The summed E-state index contributed by atoms with van der Waals surface area (Å²) in [6.45, 7) is 3.63. The predicted octanol–water partition coefficient (Wildman–Crippen LogP) is 2.22. The van der Waals surface area contributed by atoms with Gasteiger partial charge in [-0.3, -0.25) is 0 Å². The first-order chi connectivity index (χ1) is 7.41. The molecule has 1 atom stereocenters. The molecule has 1 rings (SSSR count). The Bertz CT molecular complexity index is 393. The van der Waals surface area contributed by atoms with Gasteiger partial charge in [-0.15, -0.1) is 0 Å². The lowest BCUT2D eigenvalue weighted by atomic mass is 9.80. The van der Waals surface area contributed by atoms with Crippen LogP contribution in [0, 0.1) is 0 Å². The largest absolute Gasteiger partial charge is 0.479 e. The summed E-state index contributed by atoms with van der Waals surface area (Å²) in [4.78, 5) is 15.2. The smallest absolute Gasteiger partial charge is 0.333 e. The van der Waals surface area contributed by atoms with Gasteiger partial charge in [0.05, 0.1) is 0 Å². The van der Waals surface area contributed by atoms with Gasteiger partial charge in [0.2, 0.25) is 0 Å². The van der Waals surface area contributed by atoms with Gasteiger partial charge in [0.15, 0.2) is 6.10 Å². The highest BCUT2D eigenvalue weighted by Gasteiger charge is 2.38. The van der Waals surface area contributed by atoms with Gasteiger partial charge < -0.3 is 9.84 Å². The lowest BCUT2D eigenvalue weighted by molar-refractivity contribution is -0.152. The van der Waals surface area contributed by atoms with Gasteiger partial charge in [-0.25, -0.2) is 9.78 Å². The van der Waals surface area contributed by atoms with Gasteiger partial charge >= 0.3 is 5.97 Å². The van der Waals surface area contributed by atoms with Gasteiger partial charge in [-0.1, -0.05) is 19.9 Å². The summed E-state index contributed by atoms with van der Waals surface area (Å²) >= 11 is 3.32. The molecule has 0 aliphatic rings. The van der Waals surface area contributed by atoms with Crippen LogP contribution in [0.2, 0.25) is 0 Å². The van der Waals surface area contributed by atoms with E-state index in [4.69, 9.17) is 9.84 Å². The van der Waals surface area contributed by atoms with E-state index in [0.717, 1.165) is 5.56 Å². The highest BCUT2D eigenvalue weighted by molar-refractivity contribution is 9.10. The van der Waals surface area contributed by atoms with Gasteiger partial charge in [0.25, 0.3) is 0 Å². The summed E-state index contributed by atoms with van der Waals surface area (Å²) in [5.41, 5.74) is 0.150. The minimum absolute atomic E-state index is 0.642. The molecular weight excluding hydrogens is 274 g/mol. The van der Waals surface area contributed by atoms with Crippen LogP contribution in [0.1, 0.15) is 19.4 Å². The Balaban J connectivity index is 3.19. The molecule has 1 aromatic heterocycles. The highest BCUT2D eigenvalue weighted by atomic mass is 79.9. The van der Waals surface area contributed by atoms with Crippen molar-refractivity contribution in [2.24, 2.45) is 0 Å². The van der Waals surface area contributed by atoms with Crippen LogP contribution in [0.15, 0.2) is 22.9 Å². The van der Waals surface area contributed by atoms with Crippen LogP contribution in [0.25, 0.3) is 0 Å². The number of aromatic nitrogens is 1. The minimum Gasteiger partial charge on any atom is -0.479 e. The van der Waals surface area contributed by atoms with Crippen molar-refractivity contribution in [2.75, 3.05) is 7.11 Å². The van der Waals surface area contributed by atoms with E-state index in [9.17, 15) is 4.79 Å². The van der Waals surface area contributed by atoms with Crippen molar-refractivity contribution in [3.05, 3.63) is 28.5 Å². The second-order valence-corrected chi connectivity index (χ2v) is 4.77. The number of aliphatic carboxylic acids is 1. The van der Waals surface area contributed by atoms with E-state index in [1.807, 2.05) is 19.9 Å². The van der Waals surface area contributed by atoms with Crippen molar-refractivity contribution in [3.63, 3.8) is 0 Å². The van der Waals surface area contributed by atoms with Crippen LogP contribution in [-0.2, 0) is 14.9 Å². The summed E-state index contributed by atoms with van der Waals surface area (Å²) in [6.07, 6.45) is 0.736. The molecule has 5 heteroatoms. The molecule has 1 heterocycles. The maximum Gasteiger partial charge on any atom is 0.333 e. The molecule has 0 saturated carbocycles. The molecule has 0 aromatic carbocycles. The Morgan fingerprint density at radius 3 is 2.69 bits per heavy atom. The van der Waals surface area contributed by atoms with Crippen LogP contribution < -0.4 is 0 Å². The number of carboxylic acids is 1. The number of halogens is 1. The first kappa shape index (κ1) is 13.1. The second-order valence-electron chi connectivity index (χ2n) is 4.02. The third-order valence-corrected chi connectivity index (χ3v) is 3.20. The molecule has 16 heavy (non-hydrogen) atoms. The molecule has 0 spiro atoms. The number of methoxy groups -OCH3 is 1. The monoisotopic (exact) mass is 287 g/mol. The maximum absolute atomic E-state index is 11.1. The normalized spacial score (nSPS) is 13.5. The van der Waals surface area contributed by atoms with E-state index in [-0.39, 0.29) is 0 Å². The quantitative estimate of drug-likeness (QED) is 0.863. The predicted molar refractivity (Wildman–Crippen MR) is 63.4 cm³/mol. The first-order valence-electron chi connectivity index (χ1n) is 4.78. The van der Waals surface area contributed by atoms with Crippen molar-refractivity contribution >= 4 is 21.9 Å². The van der Waals surface area contributed by atoms with Crippen molar-refractivity contribution < 1.29 is 14.6 Å². The van der Waals surface area contributed by atoms with E-state index >= 15 is 0 Å². The summed E-state index contributed by atoms with van der Waals surface area (Å²) in [5.74, 6) is -0.983. The molecule has 1 aromatic rings. The Kier molecular flexibility index (Phi) is 4.04. The third-order valence-electron chi connectivity index (χ3n) is 2.57. The Labute approximate surface area is 103 Å². The molecule has 0 fully saturated rings. The van der Waals surface area contributed by atoms with Crippen LogP contribution in [0.3, 0.4) is 0 Å². The van der Waals surface area contributed by atoms with E-state index in [2.05, 4.69) is 20.9 Å². The zero-order chi connectivity index (χ0) is 12.3. The standard InChI is InChI=1S/C11H14BrNO3/c1-11(2,8(16-3)10(14)15)7-5-4-6-13-9(7)12/h4-6,8H,1-3H3,(H,14,15). The fourth-order valence-corrected chi connectivity index (χ4v) is 2.47. The first-order valence-corrected chi connectivity index (χ1v) is 5.57. The van der Waals surface area contributed by atoms with Gasteiger partial charge in [-0.2, -0.15) is 0 Å². The average molecular weight is 288 g/mol. The number of carboxylic acid groups (broad SMARTS) is 1. The number of hydrogen-bond donors (Lipinski definition) is 1. The zero-order valence-corrected chi connectivity index (χ0v) is 11.0. The van der Waals surface area contributed by atoms with Crippen molar-refractivity contribution in [2.45, 2.75) is 25.4 Å². The molecule has 88 valence electrons. The lowest BCUT2D eigenvalue weighted by Crippen LogP contribution is -2.41. The average Bonchev–Trinajstić information content (AvgIpc) is 2.17. The van der Waals surface area contributed by atoms with Gasteiger partial charge in [0, 0.05) is 18.7 Å². The Morgan fingerprint density at radius 2 is 2.25 bits per heavy atom. The number of pyridine rings is 1. The van der Waals surface area contributed by atoms with Crippen LogP contribution in [-0.4, -0.2) is 29.3 Å². The molecule has 1 N–H and O–H groups in total. The van der Waals surface area contributed by atoms with Crippen LogP contribution >= 0.6 is 15.9 Å². The molecule has 0 saturated heterocycles. The number of nitrogens with zero attached hydrogens (tertiary/aromatic N) is 1. The molecule has 0 amide bonds. The lowest BCUT2D eigenvalue weighted by Gasteiger charge is -2.31. The zero-order valence-electron chi connectivity index (χ0n) is 9.40. The number of hydrogen-bond acceptors (Lipinski definition) is 3. The highest BCUT2D eigenvalue weighted by Crippen LogP contribution is 2.33. The molecule has 0 bridgehead atoms. The van der Waals surface area contributed by atoms with Crippen molar-refractivity contribution in [1.82, 2.24) is 4.98 Å². The van der Waals surface area contributed by atoms with Gasteiger partial charge in [0.1, 0.15) is 4.60 Å². The third kappa shape index (κ3) is 2.41.